The van der Waals surface area contributed by atoms with Crippen LogP contribution in [0.1, 0.15) is 42.1 Å². The number of nitrogens with one attached hydrogen (secondary N) is 1. The third kappa shape index (κ3) is 4.07. The molecule has 0 saturated carbocycles. The molecule has 6 heteroatoms. The van der Waals surface area contributed by atoms with Gasteiger partial charge < -0.3 is 5.32 Å². The highest BCUT2D eigenvalue weighted by Gasteiger charge is 2.18. The van der Waals surface area contributed by atoms with E-state index < -0.39 is 0 Å². The second-order valence-corrected chi connectivity index (χ2v) is 7.90. The van der Waals surface area contributed by atoms with Gasteiger partial charge in [0.2, 0.25) is 0 Å². The molecule has 146 valence electrons. The quantitative estimate of drug-likeness (QED) is 0.742. The van der Waals surface area contributed by atoms with E-state index in [1.54, 1.807) is 6.20 Å². The van der Waals surface area contributed by atoms with Crippen molar-refractivity contribution < 1.29 is 4.79 Å². The molecule has 1 aliphatic rings. The summed E-state index contributed by atoms with van der Waals surface area (Å²) in [4.78, 5) is 19.5. The molecule has 0 fully saturated rings. The fourth-order valence-electron chi connectivity index (χ4n) is 3.90. The van der Waals surface area contributed by atoms with Gasteiger partial charge in [-0.15, -0.1) is 0 Å². The van der Waals surface area contributed by atoms with E-state index in [0.717, 1.165) is 49.1 Å². The lowest BCUT2D eigenvalue weighted by atomic mass is 10.1. The number of aryl methyl sites for hydroxylation is 1. The fraction of sp³-hybridized carbons (Fsp3) is 0.409. The van der Waals surface area contributed by atoms with Crippen LogP contribution < -0.4 is 5.32 Å². The lowest BCUT2D eigenvalue weighted by Crippen LogP contribution is -2.27. The number of amides is 1. The number of carbonyl (C=O) groups excluding carboxylic acids is 1. The first-order chi connectivity index (χ1) is 13.6. The van der Waals surface area contributed by atoms with E-state index in [0.29, 0.717) is 18.2 Å². The molecule has 3 aromatic rings. The van der Waals surface area contributed by atoms with Crippen molar-refractivity contribution in [3.63, 3.8) is 0 Å². The average Bonchev–Trinajstić information content (AvgIpc) is 2.97. The third-order valence-corrected chi connectivity index (χ3v) is 5.09. The summed E-state index contributed by atoms with van der Waals surface area (Å²) in [5, 5.41) is 9.58. The molecular formula is C22H27N5O. The van der Waals surface area contributed by atoms with Crippen molar-refractivity contribution in [2.45, 2.75) is 39.9 Å². The molecule has 0 atom stereocenters. The Morgan fingerprint density at radius 2 is 2.07 bits per heavy atom. The Kier molecular flexibility index (Phi) is 5.39. The number of rotatable bonds is 5. The maximum Gasteiger partial charge on any atom is 0.270 e. The number of carbonyl (C=O) groups is 1. The molecule has 0 radical (unpaired) electrons. The van der Waals surface area contributed by atoms with E-state index in [9.17, 15) is 4.79 Å². The van der Waals surface area contributed by atoms with Crippen LogP contribution in [0.5, 0.6) is 0 Å². The Morgan fingerprint density at radius 1 is 1.21 bits per heavy atom. The molecule has 1 amide bonds. The van der Waals surface area contributed by atoms with Crippen LogP contribution in [0.2, 0.25) is 0 Å². The molecule has 0 bridgehead atoms. The Morgan fingerprint density at radius 3 is 2.93 bits per heavy atom. The summed E-state index contributed by atoms with van der Waals surface area (Å²) >= 11 is 0. The number of fused-ring (bicyclic) bond motifs is 2. The van der Waals surface area contributed by atoms with E-state index in [1.807, 2.05) is 30.3 Å². The molecular weight excluding hydrogens is 350 g/mol. The van der Waals surface area contributed by atoms with Crippen molar-refractivity contribution in [3.8, 4) is 0 Å². The first kappa shape index (κ1) is 18.6. The molecule has 1 N–H and O–H groups in total. The van der Waals surface area contributed by atoms with Gasteiger partial charge in [0.1, 0.15) is 5.69 Å². The highest BCUT2D eigenvalue weighted by atomic mass is 16.1. The van der Waals surface area contributed by atoms with Gasteiger partial charge in [0.25, 0.3) is 5.91 Å². The summed E-state index contributed by atoms with van der Waals surface area (Å²) in [7, 11) is 0. The van der Waals surface area contributed by atoms with Crippen LogP contribution in [0.4, 0.5) is 0 Å². The van der Waals surface area contributed by atoms with Gasteiger partial charge in [0.05, 0.1) is 17.9 Å². The molecule has 1 aliphatic heterocycles. The van der Waals surface area contributed by atoms with Gasteiger partial charge in [-0.3, -0.25) is 19.4 Å². The van der Waals surface area contributed by atoms with Crippen molar-refractivity contribution in [3.05, 3.63) is 59.7 Å². The summed E-state index contributed by atoms with van der Waals surface area (Å²) in [6.45, 7) is 8.99. The lowest BCUT2D eigenvalue weighted by molar-refractivity contribution is 0.0947. The monoisotopic (exact) mass is 377 g/mol. The van der Waals surface area contributed by atoms with Crippen LogP contribution >= 0.6 is 0 Å². The molecule has 2 aromatic heterocycles. The predicted octanol–water partition coefficient (Wildman–Crippen LogP) is 3.22. The van der Waals surface area contributed by atoms with Crippen molar-refractivity contribution in [2.75, 3.05) is 13.1 Å². The van der Waals surface area contributed by atoms with Crippen molar-refractivity contribution in [1.82, 2.24) is 25.0 Å². The Balaban J connectivity index is 1.45. The Hall–Kier alpha value is -2.73. The van der Waals surface area contributed by atoms with Crippen molar-refractivity contribution in [2.24, 2.45) is 5.92 Å². The third-order valence-electron chi connectivity index (χ3n) is 5.09. The second kappa shape index (κ2) is 8.10. The SMILES string of the molecule is CC(C)CN1CCCn2nc(CNC(=O)c3nccc4ccccc34)cc2C1. The van der Waals surface area contributed by atoms with E-state index in [1.165, 1.54) is 5.69 Å². The minimum absolute atomic E-state index is 0.165. The summed E-state index contributed by atoms with van der Waals surface area (Å²) in [5.41, 5.74) is 2.59. The summed E-state index contributed by atoms with van der Waals surface area (Å²) in [6.07, 6.45) is 2.78. The normalized spacial score (nSPS) is 14.8. The number of hydrogen-bond donors (Lipinski definition) is 1. The van der Waals surface area contributed by atoms with Crippen molar-refractivity contribution >= 4 is 16.7 Å². The van der Waals surface area contributed by atoms with Crippen LogP contribution in [0.15, 0.2) is 42.6 Å². The topological polar surface area (TPSA) is 63.1 Å². The summed E-state index contributed by atoms with van der Waals surface area (Å²) in [6, 6.07) is 11.8. The average molecular weight is 377 g/mol. The standard InChI is InChI=1S/C22H27N5O/c1-16(2)14-26-10-5-11-27-19(15-26)12-18(25-27)13-24-22(28)21-20-7-4-3-6-17(20)8-9-23-21/h3-4,6-9,12,16H,5,10-11,13-15H2,1-2H3,(H,24,28). The van der Waals surface area contributed by atoms with Gasteiger partial charge in [-0.25, -0.2) is 0 Å². The summed E-state index contributed by atoms with van der Waals surface area (Å²) in [5.74, 6) is 0.489. The maximum absolute atomic E-state index is 12.7. The smallest absolute Gasteiger partial charge is 0.270 e. The molecule has 4 rings (SSSR count). The zero-order valence-corrected chi connectivity index (χ0v) is 16.6. The van der Waals surface area contributed by atoms with Crippen LogP contribution in [0.3, 0.4) is 0 Å². The molecule has 6 nitrogen and oxygen atoms in total. The van der Waals surface area contributed by atoms with Gasteiger partial charge in [0, 0.05) is 37.8 Å². The minimum Gasteiger partial charge on any atom is -0.345 e. The molecule has 0 saturated heterocycles. The largest absolute Gasteiger partial charge is 0.345 e. The van der Waals surface area contributed by atoms with Gasteiger partial charge in [-0.05, 0) is 29.9 Å². The minimum atomic E-state index is -0.165. The first-order valence-corrected chi connectivity index (χ1v) is 10.00. The van der Waals surface area contributed by atoms with E-state index in [2.05, 4.69) is 39.8 Å². The molecule has 1 aromatic carbocycles. The molecule has 28 heavy (non-hydrogen) atoms. The van der Waals surface area contributed by atoms with Crippen LogP contribution in [0, 0.1) is 5.92 Å². The molecule has 0 unspecified atom stereocenters. The van der Waals surface area contributed by atoms with Crippen LogP contribution in [-0.4, -0.2) is 38.7 Å². The lowest BCUT2D eigenvalue weighted by Gasteiger charge is -2.21. The van der Waals surface area contributed by atoms with E-state index in [-0.39, 0.29) is 5.91 Å². The molecule has 0 aliphatic carbocycles. The van der Waals surface area contributed by atoms with Gasteiger partial charge in [-0.1, -0.05) is 38.1 Å². The number of benzene rings is 1. The number of hydrogen-bond acceptors (Lipinski definition) is 4. The van der Waals surface area contributed by atoms with Crippen LogP contribution in [0.25, 0.3) is 10.8 Å². The Bertz CT molecular complexity index is 973. The summed E-state index contributed by atoms with van der Waals surface area (Å²) < 4.78 is 2.10. The number of pyridine rings is 1. The predicted molar refractivity (Wildman–Crippen MR) is 110 cm³/mol. The highest BCUT2D eigenvalue weighted by Crippen LogP contribution is 2.17. The van der Waals surface area contributed by atoms with Gasteiger partial charge in [-0.2, -0.15) is 5.10 Å². The zero-order valence-electron chi connectivity index (χ0n) is 16.6. The van der Waals surface area contributed by atoms with Crippen molar-refractivity contribution in [1.29, 1.82) is 0 Å². The maximum atomic E-state index is 12.7. The second-order valence-electron chi connectivity index (χ2n) is 7.90. The van der Waals surface area contributed by atoms with Gasteiger partial charge >= 0.3 is 0 Å². The molecule has 0 spiro atoms. The van der Waals surface area contributed by atoms with Crippen LogP contribution in [-0.2, 0) is 19.6 Å². The van der Waals surface area contributed by atoms with E-state index >= 15 is 0 Å². The molecule has 3 heterocycles. The highest BCUT2D eigenvalue weighted by molar-refractivity contribution is 6.05. The van der Waals surface area contributed by atoms with E-state index in [4.69, 9.17) is 5.10 Å². The fourth-order valence-corrected chi connectivity index (χ4v) is 3.90. The van der Waals surface area contributed by atoms with Gasteiger partial charge in [0.15, 0.2) is 0 Å². The zero-order chi connectivity index (χ0) is 19.5. The number of aromatic nitrogens is 3. The number of nitrogens with zero attached hydrogens (tertiary/aromatic N) is 4. The first-order valence-electron chi connectivity index (χ1n) is 10.00. The Labute approximate surface area is 165 Å².